The van der Waals surface area contributed by atoms with Gasteiger partial charge in [-0.1, -0.05) is 11.3 Å². The SMILES string of the molecule is COc1cc2c(ccc3cnn(C[C@H](C)N)c32)s1.O=C(O)C=CC(=O)O. The first-order valence-electron chi connectivity index (χ1n) is 7.63. The molecular formula is C17H19N3O5S. The van der Waals surface area contributed by atoms with Gasteiger partial charge in [-0.3, -0.25) is 4.68 Å². The van der Waals surface area contributed by atoms with E-state index in [2.05, 4.69) is 23.3 Å². The number of rotatable bonds is 5. The molecule has 1 aromatic carbocycles. The first-order chi connectivity index (χ1) is 12.3. The zero-order valence-electron chi connectivity index (χ0n) is 14.2. The lowest BCUT2D eigenvalue weighted by molar-refractivity contribution is -0.134. The summed E-state index contributed by atoms with van der Waals surface area (Å²) in [6.45, 7) is 2.71. The molecule has 138 valence electrons. The van der Waals surface area contributed by atoms with Gasteiger partial charge in [-0.2, -0.15) is 5.10 Å². The number of carboxylic acids is 2. The highest BCUT2D eigenvalue weighted by Gasteiger charge is 2.11. The van der Waals surface area contributed by atoms with Crippen LogP contribution in [0.2, 0.25) is 0 Å². The molecular weight excluding hydrogens is 358 g/mol. The van der Waals surface area contributed by atoms with Crippen LogP contribution >= 0.6 is 11.3 Å². The smallest absolute Gasteiger partial charge is 0.328 e. The van der Waals surface area contributed by atoms with Gasteiger partial charge in [0.25, 0.3) is 0 Å². The van der Waals surface area contributed by atoms with E-state index >= 15 is 0 Å². The van der Waals surface area contributed by atoms with E-state index in [0.29, 0.717) is 12.2 Å². The second-order valence-electron chi connectivity index (χ2n) is 5.50. The van der Waals surface area contributed by atoms with Crippen molar-refractivity contribution in [2.75, 3.05) is 7.11 Å². The quantitative estimate of drug-likeness (QED) is 0.582. The number of thiophene rings is 1. The topological polar surface area (TPSA) is 128 Å². The number of carbonyl (C=O) groups is 2. The van der Waals surface area contributed by atoms with E-state index in [9.17, 15) is 9.59 Å². The molecule has 0 radical (unpaired) electrons. The summed E-state index contributed by atoms with van der Waals surface area (Å²) >= 11 is 1.65. The van der Waals surface area contributed by atoms with Crippen molar-refractivity contribution >= 4 is 44.3 Å². The van der Waals surface area contributed by atoms with E-state index in [1.54, 1.807) is 18.4 Å². The van der Waals surface area contributed by atoms with Crippen molar-refractivity contribution in [1.82, 2.24) is 9.78 Å². The van der Waals surface area contributed by atoms with Crippen molar-refractivity contribution in [3.63, 3.8) is 0 Å². The second-order valence-corrected chi connectivity index (χ2v) is 6.54. The average Bonchev–Trinajstić information content (AvgIpc) is 3.16. The van der Waals surface area contributed by atoms with Crippen molar-refractivity contribution < 1.29 is 24.5 Å². The fraction of sp³-hybridized carbons (Fsp3) is 0.235. The number of carboxylic acid groups (broad SMARTS) is 2. The van der Waals surface area contributed by atoms with Gasteiger partial charge in [0.1, 0.15) is 0 Å². The summed E-state index contributed by atoms with van der Waals surface area (Å²) < 4.78 is 8.50. The van der Waals surface area contributed by atoms with Crippen LogP contribution in [0, 0.1) is 0 Å². The Kier molecular flexibility index (Phi) is 6.31. The number of aliphatic carboxylic acids is 2. The average molecular weight is 377 g/mol. The summed E-state index contributed by atoms with van der Waals surface area (Å²) in [5, 5.41) is 23.3. The van der Waals surface area contributed by atoms with Gasteiger partial charge in [0.15, 0.2) is 5.06 Å². The van der Waals surface area contributed by atoms with Crippen molar-refractivity contribution in [1.29, 1.82) is 0 Å². The molecule has 3 aromatic rings. The number of fused-ring (bicyclic) bond motifs is 3. The maximum Gasteiger partial charge on any atom is 0.328 e. The summed E-state index contributed by atoms with van der Waals surface area (Å²) in [7, 11) is 1.70. The number of aromatic nitrogens is 2. The van der Waals surface area contributed by atoms with E-state index in [-0.39, 0.29) is 6.04 Å². The largest absolute Gasteiger partial charge is 0.487 e. The zero-order valence-corrected chi connectivity index (χ0v) is 15.1. The summed E-state index contributed by atoms with van der Waals surface area (Å²) in [4.78, 5) is 19.1. The number of hydrogen-bond acceptors (Lipinski definition) is 6. The van der Waals surface area contributed by atoms with E-state index in [4.69, 9.17) is 20.7 Å². The number of methoxy groups -OCH3 is 1. The Bertz CT molecular complexity index is 942. The number of ether oxygens (including phenoxy) is 1. The highest BCUT2D eigenvalue weighted by molar-refractivity contribution is 7.20. The Morgan fingerprint density at radius 2 is 2.00 bits per heavy atom. The van der Waals surface area contributed by atoms with Crippen LogP contribution in [0.4, 0.5) is 0 Å². The van der Waals surface area contributed by atoms with Gasteiger partial charge in [-0.25, -0.2) is 9.59 Å². The lowest BCUT2D eigenvalue weighted by Gasteiger charge is -2.07. The third kappa shape index (κ3) is 4.80. The van der Waals surface area contributed by atoms with Crippen LogP contribution in [0.5, 0.6) is 5.06 Å². The van der Waals surface area contributed by atoms with E-state index in [0.717, 1.165) is 22.5 Å². The van der Waals surface area contributed by atoms with Gasteiger partial charge >= 0.3 is 11.9 Å². The Morgan fingerprint density at radius 3 is 2.54 bits per heavy atom. The van der Waals surface area contributed by atoms with Gasteiger partial charge < -0.3 is 20.7 Å². The number of nitrogens with two attached hydrogens (primary N) is 1. The Morgan fingerprint density at radius 1 is 1.35 bits per heavy atom. The first kappa shape index (κ1) is 19.4. The van der Waals surface area contributed by atoms with Gasteiger partial charge in [0, 0.05) is 39.7 Å². The van der Waals surface area contributed by atoms with Crippen molar-refractivity contribution in [3.8, 4) is 5.06 Å². The first-order valence-corrected chi connectivity index (χ1v) is 8.45. The van der Waals surface area contributed by atoms with Crippen molar-refractivity contribution in [3.05, 3.63) is 36.5 Å². The predicted octanol–water partition coefficient (Wildman–Crippen LogP) is 2.32. The minimum atomic E-state index is -1.26. The van der Waals surface area contributed by atoms with E-state index < -0.39 is 11.9 Å². The maximum absolute atomic E-state index is 9.55. The highest BCUT2D eigenvalue weighted by atomic mass is 32.1. The Hall–Kier alpha value is -2.91. The van der Waals surface area contributed by atoms with Gasteiger partial charge in [-0.05, 0) is 19.1 Å². The van der Waals surface area contributed by atoms with Crippen LogP contribution in [0.1, 0.15) is 6.92 Å². The molecule has 26 heavy (non-hydrogen) atoms. The molecule has 1 atom stereocenters. The third-order valence-corrected chi connectivity index (χ3v) is 4.37. The minimum Gasteiger partial charge on any atom is -0.487 e. The van der Waals surface area contributed by atoms with Crippen LogP contribution in [-0.4, -0.2) is 45.1 Å². The molecule has 3 rings (SSSR count). The molecule has 0 aliphatic rings. The molecule has 2 aromatic heterocycles. The molecule has 0 saturated heterocycles. The zero-order chi connectivity index (χ0) is 19.3. The maximum atomic E-state index is 9.55. The molecule has 2 heterocycles. The molecule has 0 aliphatic heterocycles. The molecule has 0 fully saturated rings. The Balaban J connectivity index is 0.000000260. The fourth-order valence-corrected chi connectivity index (χ4v) is 3.21. The monoisotopic (exact) mass is 377 g/mol. The minimum absolute atomic E-state index is 0.0869. The summed E-state index contributed by atoms with van der Waals surface area (Å²) in [5.74, 6) is -2.51. The van der Waals surface area contributed by atoms with Crippen LogP contribution in [0.15, 0.2) is 36.5 Å². The fourth-order valence-electron chi connectivity index (χ4n) is 2.33. The van der Waals surface area contributed by atoms with Crippen LogP contribution < -0.4 is 10.5 Å². The number of hydrogen-bond donors (Lipinski definition) is 3. The molecule has 0 amide bonds. The third-order valence-electron chi connectivity index (χ3n) is 3.31. The lowest BCUT2D eigenvalue weighted by atomic mass is 10.2. The van der Waals surface area contributed by atoms with E-state index in [1.165, 1.54) is 10.1 Å². The van der Waals surface area contributed by atoms with Crippen molar-refractivity contribution in [2.45, 2.75) is 19.5 Å². The van der Waals surface area contributed by atoms with Gasteiger partial charge in [0.05, 0.1) is 25.4 Å². The van der Waals surface area contributed by atoms with Crippen molar-refractivity contribution in [2.24, 2.45) is 5.73 Å². The number of nitrogens with zero attached hydrogens (tertiary/aromatic N) is 2. The van der Waals surface area contributed by atoms with Crippen LogP contribution in [-0.2, 0) is 16.1 Å². The van der Waals surface area contributed by atoms with Gasteiger partial charge in [-0.15, -0.1) is 0 Å². The lowest BCUT2D eigenvalue weighted by Crippen LogP contribution is -2.22. The molecule has 0 bridgehead atoms. The molecule has 0 saturated carbocycles. The standard InChI is InChI=1S/C13H15N3OS.C4H4O4/c1-8(14)7-16-13-9(6-15-16)3-4-11-10(13)5-12(17-2)18-11;5-3(6)1-2-4(7)8/h3-6,8H,7,14H2,1-2H3;1-2H,(H,5,6)(H,7,8)/t8-;/m0./s1. The Labute approximate surface area is 153 Å². The summed E-state index contributed by atoms with van der Waals surface area (Å²) in [5.41, 5.74) is 7.01. The van der Waals surface area contributed by atoms with Crippen LogP contribution in [0.25, 0.3) is 21.0 Å². The molecule has 0 aliphatic carbocycles. The summed E-state index contributed by atoms with van der Waals surface area (Å²) in [6, 6.07) is 6.37. The second kappa shape index (κ2) is 8.45. The molecule has 4 N–H and O–H groups in total. The number of benzene rings is 1. The molecule has 9 heteroatoms. The molecule has 8 nitrogen and oxygen atoms in total. The molecule has 0 spiro atoms. The van der Waals surface area contributed by atoms with Gasteiger partial charge in [0.2, 0.25) is 0 Å². The highest BCUT2D eigenvalue weighted by Crippen LogP contribution is 2.36. The van der Waals surface area contributed by atoms with E-state index in [1.807, 2.05) is 17.8 Å². The normalized spacial score (nSPS) is 12.1. The predicted molar refractivity (Wildman–Crippen MR) is 99.7 cm³/mol. The summed E-state index contributed by atoms with van der Waals surface area (Å²) in [6.07, 6.45) is 3.01. The molecule has 0 unspecified atom stereocenters. The van der Waals surface area contributed by atoms with Crippen LogP contribution in [0.3, 0.4) is 0 Å².